The molecule has 0 aliphatic heterocycles. The van der Waals surface area contributed by atoms with E-state index < -0.39 is 0 Å². The van der Waals surface area contributed by atoms with Crippen molar-refractivity contribution >= 4 is 5.97 Å². The predicted molar refractivity (Wildman–Crippen MR) is 67.9 cm³/mol. The molecule has 3 rings (SSSR count). The highest BCUT2D eigenvalue weighted by Crippen LogP contribution is 2.62. The van der Waals surface area contributed by atoms with Crippen LogP contribution in [0.15, 0.2) is 0 Å². The molecule has 3 nitrogen and oxygen atoms in total. The summed E-state index contributed by atoms with van der Waals surface area (Å²) in [4.78, 5) is 11.0. The Morgan fingerprint density at radius 2 is 1.94 bits per heavy atom. The molecule has 6 atom stereocenters. The number of methoxy groups -OCH3 is 1. The molecule has 18 heavy (non-hydrogen) atoms. The van der Waals surface area contributed by atoms with E-state index in [0.29, 0.717) is 12.5 Å². The number of fused-ring (bicyclic) bond motifs is 5. The molecular weight excluding hydrogens is 228 g/mol. The predicted octanol–water partition coefficient (Wildman–Crippen LogP) is 2.49. The summed E-state index contributed by atoms with van der Waals surface area (Å²) in [5.41, 5.74) is 0. The van der Waals surface area contributed by atoms with Crippen molar-refractivity contribution in [3.63, 3.8) is 0 Å². The Balaban J connectivity index is 1.62. The molecule has 0 N–H and O–H groups in total. The molecule has 0 aromatic rings. The lowest BCUT2D eigenvalue weighted by atomic mass is 9.73. The Hall–Kier alpha value is -0.570. The second-order valence-electron chi connectivity index (χ2n) is 6.49. The topological polar surface area (TPSA) is 35.5 Å². The van der Waals surface area contributed by atoms with Gasteiger partial charge in [0.15, 0.2) is 0 Å². The van der Waals surface area contributed by atoms with Gasteiger partial charge in [0.05, 0.1) is 6.61 Å². The average Bonchev–Trinajstić information content (AvgIpc) is 2.96. The van der Waals surface area contributed by atoms with Crippen molar-refractivity contribution in [2.24, 2.45) is 35.5 Å². The van der Waals surface area contributed by atoms with Crippen molar-refractivity contribution in [3.05, 3.63) is 0 Å². The van der Waals surface area contributed by atoms with Crippen LogP contribution in [-0.4, -0.2) is 26.3 Å². The van der Waals surface area contributed by atoms with Gasteiger partial charge in [0, 0.05) is 20.6 Å². The van der Waals surface area contributed by atoms with Crippen LogP contribution in [0.3, 0.4) is 0 Å². The molecule has 0 radical (unpaired) electrons. The summed E-state index contributed by atoms with van der Waals surface area (Å²) < 4.78 is 10.6. The SMILES string of the molecule is COCC1CC2CC1C1CCC(COC(C)=O)C21. The highest BCUT2D eigenvalue weighted by Gasteiger charge is 2.56. The molecule has 2 bridgehead atoms. The summed E-state index contributed by atoms with van der Waals surface area (Å²) in [5.74, 6) is 4.81. The monoisotopic (exact) mass is 252 g/mol. The highest BCUT2D eigenvalue weighted by molar-refractivity contribution is 5.65. The minimum atomic E-state index is -0.126. The second-order valence-corrected chi connectivity index (χ2v) is 6.49. The summed E-state index contributed by atoms with van der Waals surface area (Å²) in [7, 11) is 1.82. The third kappa shape index (κ3) is 1.97. The minimum absolute atomic E-state index is 0.126. The van der Waals surface area contributed by atoms with Gasteiger partial charge in [0.25, 0.3) is 0 Å². The van der Waals surface area contributed by atoms with Crippen LogP contribution in [-0.2, 0) is 14.3 Å². The molecule has 3 fully saturated rings. The van der Waals surface area contributed by atoms with Crippen molar-refractivity contribution in [2.75, 3.05) is 20.3 Å². The summed E-state index contributed by atoms with van der Waals surface area (Å²) in [6.45, 7) is 3.12. The van der Waals surface area contributed by atoms with Crippen LogP contribution >= 0.6 is 0 Å². The molecule has 3 aliphatic carbocycles. The van der Waals surface area contributed by atoms with Gasteiger partial charge in [-0.2, -0.15) is 0 Å². The van der Waals surface area contributed by atoms with Crippen LogP contribution in [0.2, 0.25) is 0 Å². The Labute approximate surface area is 109 Å². The van der Waals surface area contributed by atoms with E-state index >= 15 is 0 Å². The molecule has 3 saturated carbocycles. The molecule has 3 aliphatic rings. The van der Waals surface area contributed by atoms with Crippen molar-refractivity contribution in [1.29, 1.82) is 0 Å². The molecule has 0 saturated heterocycles. The Morgan fingerprint density at radius 3 is 2.67 bits per heavy atom. The van der Waals surface area contributed by atoms with Crippen LogP contribution in [0.25, 0.3) is 0 Å². The van der Waals surface area contributed by atoms with Gasteiger partial charge >= 0.3 is 5.97 Å². The smallest absolute Gasteiger partial charge is 0.302 e. The minimum Gasteiger partial charge on any atom is -0.466 e. The first-order valence-electron chi connectivity index (χ1n) is 7.33. The number of rotatable bonds is 4. The summed E-state index contributed by atoms with van der Waals surface area (Å²) >= 11 is 0. The Bertz CT molecular complexity index is 328. The van der Waals surface area contributed by atoms with E-state index in [4.69, 9.17) is 9.47 Å². The van der Waals surface area contributed by atoms with Gasteiger partial charge < -0.3 is 9.47 Å². The van der Waals surface area contributed by atoms with Crippen molar-refractivity contribution < 1.29 is 14.3 Å². The lowest BCUT2D eigenvalue weighted by molar-refractivity contribution is -0.143. The maximum absolute atomic E-state index is 11.0. The summed E-state index contributed by atoms with van der Waals surface area (Å²) in [6.07, 6.45) is 5.35. The number of hydrogen-bond acceptors (Lipinski definition) is 3. The standard InChI is InChI=1S/C15H24O3/c1-9(16)18-8-10-3-4-13-14-6-11(15(10)13)5-12(14)7-17-2/h10-15H,3-8H2,1-2H3. The first-order valence-corrected chi connectivity index (χ1v) is 7.33. The maximum Gasteiger partial charge on any atom is 0.302 e. The van der Waals surface area contributed by atoms with Crippen molar-refractivity contribution in [3.8, 4) is 0 Å². The molecule has 102 valence electrons. The fraction of sp³-hybridized carbons (Fsp3) is 0.933. The van der Waals surface area contributed by atoms with Crippen LogP contribution in [0.4, 0.5) is 0 Å². The maximum atomic E-state index is 11.0. The number of ether oxygens (including phenoxy) is 2. The van der Waals surface area contributed by atoms with E-state index in [1.165, 1.54) is 32.6 Å². The van der Waals surface area contributed by atoms with Crippen molar-refractivity contribution in [1.82, 2.24) is 0 Å². The van der Waals surface area contributed by atoms with Crippen molar-refractivity contribution in [2.45, 2.75) is 32.6 Å². The van der Waals surface area contributed by atoms with Gasteiger partial charge in [0.1, 0.15) is 0 Å². The molecule has 0 spiro atoms. The highest BCUT2D eigenvalue weighted by atomic mass is 16.5. The van der Waals surface area contributed by atoms with Crippen LogP contribution in [0, 0.1) is 35.5 Å². The summed E-state index contributed by atoms with van der Waals surface area (Å²) in [6, 6.07) is 0. The third-order valence-electron chi connectivity index (χ3n) is 5.67. The van der Waals surface area contributed by atoms with Gasteiger partial charge in [0.2, 0.25) is 0 Å². The first-order chi connectivity index (χ1) is 8.70. The molecule has 6 unspecified atom stereocenters. The third-order valence-corrected chi connectivity index (χ3v) is 5.67. The zero-order valence-corrected chi connectivity index (χ0v) is 11.4. The largest absolute Gasteiger partial charge is 0.466 e. The molecule has 3 heteroatoms. The fourth-order valence-corrected chi connectivity index (χ4v) is 5.24. The van der Waals surface area contributed by atoms with Gasteiger partial charge in [-0.05, 0) is 61.2 Å². The zero-order chi connectivity index (χ0) is 12.7. The molecular formula is C15H24O3. The second kappa shape index (κ2) is 4.84. The first kappa shape index (κ1) is 12.5. The molecule has 0 heterocycles. The molecule has 0 aromatic heterocycles. The van der Waals surface area contributed by atoms with E-state index in [2.05, 4.69) is 0 Å². The lowest BCUT2D eigenvalue weighted by Crippen LogP contribution is -2.31. The van der Waals surface area contributed by atoms with Crippen LogP contribution < -0.4 is 0 Å². The average molecular weight is 252 g/mol. The van der Waals surface area contributed by atoms with Gasteiger partial charge in [-0.15, -0.1) is 0 Å². The number of esters is 1. The van der Waals surface area contributed by atoms with Gasteiger partial charge in [-0.3, -0.25) is 4.79 Å². The van der Waals surface area contributed by atoms with Gasteiger partial charge in [-0.1, -0.05) is 0 Å². The van der Waals surface area contributed by atoms with E-state index in [1.807, 2.05) is 7.11 Å². The lowest BCUT2D eigenvalue weighted by Gasteiger charge is -2.33. The van der Waals surface area contributed by atoms with E-state index in [1.54, 1.807) is 0 Å². The van der Waals surface area contributed by atoms with Crippen LogP contribution in [0.1, 0.15) is 32.6 Å². The Kier molecular flexibility index (Phi) is 3.35. The zero-order valence-electron chi connectivity index (χ0n) is 11.4. The number of carbonyl (C=O) groups excluding carboxylic acids is 1. The molecule has 0 aromatic carbocycles. The fourth-order valence-electron chi connectivity index (χ4n) is 5.24. The number of carbonyl (C=O) groups is 1. The van der Waals surface area contributed by atoms with E-state index in [9.17, 15) is 4.79 Å². The van der Waals surface area contributed by atoms with E-state index in [0.717, 1.165) is 36.2 Å². The number of hydrogen-bond donors (Lipinski definition) is 0. The molecule has 0 amide bonds. The van der Waals surface area contributed by atoms with Crippen LogP contribution in [0.5, 0.6) is 0 Å². The summed E-state index contributed by atoms with van der Waals surface area (Å²) in [5, 5.41) is 0. The quantitative estimate of drug-likeness (QED) is 0.721. The Morgan fingerprint density at radius 1 is 1.11 bits per heavy atom. The normalized spacial score (nSPS) is 45.2. The van der Waals surface area contributed by atoms with E-state index in [-0.39, 0.29) is 5.97 Å². The van der Waals surface area contributed by atoms with Gasteiger partial charge in [-0.25, -0.2) is 0 Å².